The Balaban J connectivity index is 2.24. The van der Waals surface area contributed by atoms with Crippen molar-refractivity contribution in [3.05, 3.63) is 41.2 Å². The van der Waals surface area contributed by atoms with E-state index in [1.807, 2.05) is 45.0 Å². The number of aryl methyl sites for hydroxylation is 1. The van der Waals surface area contributed by atoms with Crippen molar-refractivity contribution in [3.63, 3.8) is 0 Å². The monoisotopic (exact) mass is 282 g/mol. The van der Waals surface area contributed by atoms with Gasteiger partial charge < -0.3 is 10.1 Å². The minimum atomic E-state index is 0.399. The predicted molar refractivity (Wildman–Crippen MR) is 81.5 cm³/mol. The van der Waals surface area contributed by atoms with Gasteiger partial charge in [-0.05, 0) is 38.5 Å². The van der Waals surface area contributed by atoms with Crippen LogP contribution in [0.2, 0.25) is 0 Å². The molecule has 0 saturated carbocycles. The van der Waals surface area contributed by atoms with E-state index >= 15 is 0 Å². The van der Waals surface area contributed by atoms with Gasteiger partial charge in [-0.3, -0.25) is 0 Å². The zero-order valence-electron chi connectivity index (χ0n) is 12.5. The van der Waals surface area contributed by atoms with E-state index in [1.54, 1.807) is 0 Å². The molecule has 2 aromatic rings. The summed E-state index contributed by atoms with van der Waals surface area (Å²) in [6, 6.07) is 9.57. The summed E-state index contributed by atoms with van der Waals surface area (Å²) >= 11 is 0. The van der Waals surface area contributed by atoms with Crippen LogP contribution in [0.1, 0.15) is 23.9 Å². The number of anilines is 1. The molecule has 0 fully saturated rings. The molecule has 21 heavy (non-hydrogen) atoms. The van der Waals surface area contributed by atoms with E-state index in [4.69, 9.17) is 10.00 Å². The molecule has 5 heteroatoms. The normalized spacial score (nSPS) is 10.0. The molecule has 0 radical (unpaired) electrons. The summed E-state index contributed by atoms with van der Waals surface area (Å²) < 4.78 is 5.84. The van der Waals surface area contributed by atoms with E-state index in [0.29, 0.717) is 23.9 Å². The van der Waals surface area contributed by atoms with Crippen molar-refractivity contribution in [2.24, 2.45) is 0 Å². The maximum absolute atomic E-state index is 8.67. The summed E-state index contributed by atoms with van der Waals surface area (Å²) in [5.41, 5.74) is 1.84. The maximum Gasteiger partial charge on any atom is 0.227 e. The molecule has 0 spiro atoms. The molecule has 0 atom stereocenters. The molecule has 0 amide bonds. The molecule has 0 aliphatic heterocycles. The number of ether oxygens (including phenoxy) is 1. The Labute approximate surface area is 124 Å². The Kier molecular flexibility index (Phi) is 4.72. The Morgan fingerprint density at radius 2 is 1.90 bits per heavy atom. The fourth-order valence-corrected chi connectivity index (χ4v) is 1.92. The van der Waals surface area contributed by atoms with Crippen LogP contribution in [-0.2, 0) is 6.42 Å². The second-order valence-electron chi connectivity index (χ2n) is 4.66. The highest BCUT2D eigenvalue weighted by molar-refractivity contribution is 5.49. The Hall–Kier alpha value is -2.61. The average molecular weight is 282 g/mol. The minimum absolute atomic E-state index is 0.399. The average Bonchev–Trinajstić information content (AvgIpc) is 2.46. The number of nitriles is 1. The molecule has 0 saturated heterocycles. The van der Waals surface area contributed by atoms with Crippen molar-refractivity contribution in [1.82, 2.24) is 9.97 Å². The van der Waals surface area contributed by atoms with Gasteiger partial charge in [0.1, 0.15) is 17.4 Å². The lowest BCUT2D eigenvalue weighted by Crippen LogP contribution is -2.06. The third-order valence-corrected chi connectivity index (χ3v) is 2.98. The summed E-state index contributed by atoms with van der Waals surface area (Å²) in [7, 11) is 0. The third kappa shape index (κ3) is 3.69. The van der Waals surface area contributed by atoms with Gasteiger partial charge in [0.25, 0.3) is 0 Å². The van der Waals surface area contributed by atoms with Gasteiger partial charge in [0.15, 0.2) is 0 Å². The molecule has 0 aliphatic rings. The van der Waals surface area contributed by atoms with Crippen LogP contribution in [0.4, 0.5) is 5.82 Å². The molecule has 0 aliphatic carbocycles. The number of benzene rings is 1. The molecule has 1 heterocycles. The summed E-state index contributed by atoms with van der Waals surface area (Å²) in [5, 5.41) is 11.9. The lowest BCUT2D eigenvalue weighted by atomic mass is 10.2. The molecule has 5 nitrogen and oxygen atoms in total. The Bertz CT molecular complexity index is 659. The summed E-state index contributed by atoms with van der Waals surface area (Å²) in [5.74, 6) is 2.69. The van der Waals surface area contributed by atoms with Gasteiger partial charge in [-0.1, -0.05) is 12.1 Å². The highest BCUT2D eigenvalue weighted by Gasteiger charge is 2.10. The van der Waals surface area contributed by atoms with Crippen LogP contribution in [0, 0.1) is 25.2 Å². The van der Waals surface area contributed by atoms with Crippen molar-refractivity contribution < 1.29 is 4.74 Å². The molecular formula is C16H18N4O. The smallest absolute Gasteiger partial charge is 0.227 e. The second kappa shape index (κ2) is 6.71. The third-order valence-electron chi connectivity index (χ3n) is 2.98. The van der Waals surface area contributed by atoms with Crippen LogP contribution in [0.25, 0.3) is 0 Å². The lowest BCUT2D eigenvalue weighted by molar-refractivity contribution is 0.456. The van der Waals surface area contributed by atoms with E-state index in [9.17, 15) is 0 Å². The first-order valence-electron chi connectivity index (χ1n) is 6.87. The van der Waals surface area contributed by atoms with E-state index in [1.165, 1.54) is 0 Å². The molecule has 0 unspecified atom stereocenters. The number of nitrogens with zero attached hydrogens (tertiary/aromatic N) is 3. The van der Waals surface area contributed by atoms with Gasteiger partial charge in [0.05, 0.1) is 18.1 Å². The highest BCUT2D eigenvalue weighted by Crippen LogP contribution is 2.27. The van der Waals surface area contributed by atoms with Gasteiger partial charge in [-0.2, -0.15) is 10.2 Å². The van der Waals surface area contributed by atoms with E-state index in [0.717, 1.165) is 23.5 Å². The molecule has 2 rings (SSSR count). The highest BCUT2D eigenvalue weighted by atomic mass is 16.5. The first kappa shape index (κ1) is 14.8. The van der Waals surface area contributed by atoms with Gasteiger partial charge in [0.2, 0.25) is 5.88 Å². The van der Waals surface area contributed by atoms with Gasteiger partial charge in [-0.25, -0.2) is 4.98 Å². The van der Waals surface area contributed by atoms with Gasteiger partial charge in [-0.15, -0.1) is 0 Å². The van der Waals surface area contributed by atoms with Crippen LogP contribution in [-0.4, -0.2) is 16.5 Å². The predicted octanol–water partition coefficient (Wildman–Crippen LogP) is 3.38. The fourth-order valence-electron chi connectivity index (χ4n) is 1.92. The topological polar surface area (TPSA) is 70.8 Å². The standard InChI is InChI=1S/C16H18N4O/c1-4-18-15-11(2)16(20-12(3)19-15)21-14-7-5-13(6-8-14)9-10-17/h5-8H,4,9H2,1-3H3,(H,18,19,20). The van der Waals surface area contributed by atoms with Crippen LogP contribution >= 0.6 is 0 Å². The molecule has 108 valence electrons. The molecule has 0 bridgehead atoms. The number of hydrogen-bond donors (Lipinski definition) is 1. The van der Waals surface area contributed by atoms with Crippen molar-refractivity contribution in [1.29, 1.82) is 5.26 Å². The molecular weight excluding hydrogens is 264 g/mol. The van der Waals surface area contributed by atoms with Gasteiger partial charge in [0, 0.05) is 6.54 Å². The summed E-state index contributed by atoms with van der Waals surface area (Å²) in [6.07, 6.45) is 0.399. The molecule has 1 aromatic carbocycles. The lowest BCUT2D eigenvalue weighted by Gasteiger charge is -2.12. The zero-order chi connectivity index (χ0) is 15.2. The summed E-state index contributed by atoms with van der Waals surface area (Å²) in [6.45, 7) is 6.57. The van der Waals surface area contributed by atoms with E-state index < -0.39 is 0 Å². The van der Waals surface area contributed by atoms with Crippen LogP contribution < -0.4 is 10.1 Å². The number of nitrogens with one attached hydrogen (secondary N) is 1. The van der Waals surface area contributed by atoms with Crippen LogP contribution in [0.5, 0.6) is 11.6 Å². The van der Waals surface area contributed by atoms with Crippen molar-refractivity contribution in [2.75, 3.05) is 11.9 Å². The van der Waals surface area contributed by atoms with Crippen molar-refractivity contribution in [3.8, 4) is 17.7 Å². The maximum atomic E-state index is 8.67. The number of rotatable bonds is 5. The first-order valence-corrected chi connectivity index (χ1v) is 6.87. The fraction of sp³-hybridized carbons (Fsp3) is 0.312. The van der Waals surface area contributed by atoms with Crippen LogP contribution in [0.15, 0.2) is 24.3 Å². The zero-order valence-corrected chi connectivity index (χ0v) is 12.5. The Morgan fingerprint density at radius 3 is 2.52 bits per heavy atom. The first-order chi connectivity index (χ1) is 10.1. The molecule has 1 aromatic heterocycles. The van der Waals surface area contributed by atoms with Crippen molar-refractivity contribution in [2.45, 2.75) is 27.2 Å². The minimum Gasteiger partial charge on any atom is -0.439 e. The summed E-state index contributed by atoms with van der Waals surface area (Å²) in [4.78, 5) is 8.71. The van der Waals surface area contributed by atoms with E-state index in [2.05, 4.69) is 21.4 Å². The largest absolute Gasteiger partial charge is 0.439 e. The SMILES string of the molecule is CCNc1nc(C)nc(Oc2ccc(CC#N)cc2)c1C. The van der Waals surface area contributed by atoms with E-state index in [-0.39, 0.29) is 0 Å². The quantitative estimate of drug-likeness (QED) is 0.910. The number of aromatic nitrogens is 2. The molecule has 1 N–H and O–H groups in total. The Morgan fingerprint density at radius 1 is 1.19 bits per heavy atom. The second-order valence-corrected chi connectivity index (χ2v) is 4.66. The van der Waals surface area contributed by atoms with Crippen LogP contribution in [0.3, 0.4) is 0 Å². The van der Waals surface area contributed by atoms with Gasteiger partial charge >= 0.3 is 0 Å². The van der Waals surface area contributed by atoms with Crippen molar-refractivity contribution >= 4 is 5.82 Å². The number of hydrogen-bond acceptors (Lipinski definition) is 5.